The summed E-state index contributed by atoms with van der Waals surface area (Å²) < 4.78 is 15.9. The Morgan fingerprint density at radius 1 is 0.962 bits per heavy atom. The second kappa shape index (κ2) is 8.89. The van der Waals surface area contributed by atoms with Crippen LogP contribution >= 0.6 is 0 Å². The van der Waals surface area contributed by atoms with E-state index >= 15 is 0 Å². The predicted octanol–water partition coefficient (Wildman–Crippen LogP) is 2.82. The molecule has 2 aromatic rings. The highest BCUT2D eigenvalue weighted by Gasteiger charge is 2.25. The van der Waals surface area contributed by atoms with Gasteiger partial charge in [-0.2, -0.15) is 0 Å². The van der Waals surface area contributed by atoms with E-state index in [2.05, 4.69) is 5.32 Å². The zero-order chi connectivity index (χ0) is 19.1. The maximum Gasteiger partial charge on any atom is 0.227 e. The summed E-state index contributed by atoms with van der Waals surface area (Å²) in [7, 11) is 6.03. The molecule has 6 heteroatoms. The molecule has 0 aliphatic heterocycles. The average Bonchev–Trinajstić information content (AvgIpc) is 2.70. The summed E-state index contributed by atoms with van der Waals surface area (Å²) in [6.07, 6.45) is 0.0301. The summed E-state index contributed by atoms with van der Waals surface area (Å²) in [5, 5.41) is 2.62. The molecule has 2 aromatic carbocycles. The zero-order valence-corrected chi connectivity index (χ0v) is 15.4. The second-order valence-corrected chi connectivity index (χ2v) is 5.62. The molecule has 0 radical (unpaired) electrons. The van der Waals surface area contributed by atoms with Gasteiger partial charge in [0.25, 0.3) is 0 Å². The molecule has 0 aromatic heterocycles. The van der Waals surface area contributed by atoms with Crippen molar-refractivity contribution in [1.29, 1.82) is 0 Å². The van der Waals surface area contributed by atoms with Gasteiger partial charge >= 0.3 is 0 Å². The minimum atomic E-state index is -0.576. The van der Waals surface area contributed by atoms with Crippen molar-refractivity contribution in [3.63, 3.8) is 0 Å². The highest BCUT2D eigenvalue weighted by molar-refractivity contribution is 6.01. The number of Topliss-reactive ketones (excluding diaryl/α,β-unsaturated/α-hetero) is 1. The fourth-order valence-corrected chi connectivity index (χ4v) is 2.77. The molecule has 0 aliphatic carbocycles. The number of likely N-dealkylation sites (N-methyl/N-ethyl adjacent to an activating group) is 1. The van der Waals surface area contributed by atoms with E-state index in [1.165, 1.54) is 21.3 Å². The van der Waals surface area contributed by atoms with E-state index in [-0.39, 0.29) is 18.1 Å². The number of hydrogen-bond acceptors (Lipinski definition) is 5. The first kappa shape index (κ1) is 19.3. The SMILES string of the molecule is CNC(=O)C(CC(=O)c1cc(OC)c(OC)c(OC)c1)c1ccccc1. The number of ketones is 1. The monoisotopic (exact) mass is 357 g/mol. The van der Waals surface area contributed by atoms with Crippen molar-refractivity contribution >= 4 is 11.7 Å². The minimum Gasteiger partial charge on any atom is -0.493 e. The maximum atomic E-state index is 12.9. The number of amides is 1. The van der Waals surface area contributed by atoms with Crippen LogP contribution in [0.25, 0.3) is 0 Å². The smallest absolute Gasteiger partial charge is 0.227 e. The van der Waals surface area contributed by atoms with Crippen molar-refractivity contribution in [2.24, 2.45) is 0 Å². The summed E-state index contributed by atoms with van der Waals surface area (Å²) in [6, 6.07) is 12.4. The third kappa shape index (κ3) is 4.14. The first-order chi connectivity index (χ1) is 12.5. The summed E-state index contributed by atoms with van der Waals surface area (Å²) in [5.41, 5.74) is 1.18. The molecule has 6 nitrogen and oxygen atoms in total. The van der Waals surface area contributed by atoms with Crippen molar-refractivity contribution in [2.75, 3.05) is 28.4 Å². The normalized spacial score (nSPS) is 11.4. The molecule has 0 heterocycles. The lowest BCUT2D eigenvalue weighted by Crippen LogP contribution is -2.27. The predicted molar refractivity (Wildman–Crippen MR) is 98.3 cm³/mol. The number of rotatable bonds is 8. The molecule has 0 saturated carbocycles. The molecule has 1 unspecified atom stereocenters. The summed E-state index contributed by atoms with van der Waals surface area (Å²) in [4.78, 5) is 25.1. The Kier molecular flexibility index (Phi) is 6.60. The van der Waals surface area contributed by atoms with Crippen LogP contribution in [0.5, 0.6) is 17.2 Å². The number of carbonyl (C=O) groups excluding carboxylic acids is 2. The summed E-state index contributed by atoms with van der Waals surface area (Å²) in [6.45, 7) is 0. The largest absolute Gasteiger partial charge is 0.493 e. The van der Waals surface area contributed by atoms with E-state index in [4.69, 9.17) is 14.2 Å². The Labute approximate surface area is 153 Å². The Morgan fingerprint density at radius 2 is 1.54 bits per heavy atom. The molecule has 26 heavy (non-hydrogen) atoms. The van der Waals surface area contributed by atoms with Crippen molar-refractivity contribution in [3.8, 4) is 17.2 Å². The lowest BCUT2D eigenvalue weighted by Gasteiger charge is -2.17. The van der Waals surface area contributed by atoms with Crippen molar-refractivity contribution in [1.82, 2.24) is 5.32 Å². The van der Waals surface area contributed by atoms with Gasteiger partial charge < -0.3 is 19.5 Å². The van der Waals surface area contributed by atoms with E-state index in [0.717, 1.165) is 5.56 Å². The summed E-state index contributed by atoms with van der Waals surface area (Å²) >= 11 is 0. The van der Waals surface area contributed by atoms with Gasteiger partial charge in [-0.3, -0.25) is 9.59 Å². The number of methoxy groups -OCH3 is 3. The number of nitrogens with one attached hydrogen (secondary N) is 1. The van der Waals surface area contributed by atoms with Gasteiger partial charge in [0, 0.05) is 19.0 Å². The van der Waals surface area contributed by atoms with Crippen LogP contribution < -0.4 is 19.5 Å². The van der Waals surface area contributed by atoms with Gasteiger partial charge in [-0.15, -0.1) is 0 Å². The van der Waals surface area contributed by atoms with Crippen LogP contribution in [0.4, 0.5) is 0 Å². The highest BCUT2D eigenvalue weighted by atomic mass is 16.5. The average molecular weight is 357 g/mol. The van der Waals surface area contributed by atoms with Gasteiger partial charge in [-0.25, -0.2) is 0 Å². The number of ether oxygens (including phenoxy) is 3. The van der Waals surface area contributed by atoms with E-state index in [1.807, 2.05) is 30.3 Å². The fraction of sp³-hybridized carbons (Fsp3) is 0.300. The molecule has 0 fully saturated rings. The Morgan fingerprint density at radius 3 is 2.00 bits per heavy atom. The van der Waals surface area contributed by atoms with Gasteiger partial charge in [-0.1, -0.05) is 30.3 Å². The summed E-state index contributed by atoms with van der Waals surface area (Å²) in [5.74, 6) is 0.224. The van der Waals surface area contributed by atoms with Crippen LogP contribution in [0.1, 0.15) is 28.3 Å². The molecule has 0 aliphatic rings. The fourth-order valence-electron chi connectivity index (χ4n) is 2.77. The Bertz CT molecular complexity index is 748. The third-order valence-corrected chi connectivity index (χ3v) is 4.14. The third-order valence-electron chi connectivity index (χ3n) is 4.14. The molecule has 1 N–H and O–H groups in total. The first-order valence-electron chi connectivity index (χ1n) is 8.15. The van der Waals surface area contributed by atoms with Crippen LogP contribution in [-0.4, -0.2) is 40.1 Å². The van der Waals surface area contributed by atoms with Crippen LogP contribution in [0, 0.1) is 0 Å². The molecule has 1 atom stereocenters. The molecule has 0 spiro atoms. The van der Waals surface area contributed by atoms with Gasteiger partial charge in [0.1, 0.15) is 0 Å². The van der Waals surface area contributed by atoms with Gasteiger partial charge in [0.05, 0.1) is 27.2 Å². The molecular formula is C20H23NO5. The van der Waals surface area contributed by atoms with Crippen molar-refractivity contribution in [3.05, 3.63) is 53.6 Å². The number of carbonyl (C=O) groups is 2. The van der Waals surface area contributed by atoms with Gasteiger partial charge in [0.15, 0.2) is 17.3 Å². The molecule has 0 saturated heterocycles. The topological polar surface area (TPSA) is 73.9 Å². The van der Waals surface area contributed by atoms with Crippen molar-refractivity contribution in [2.45, 2.75) is 12.3 Å². The van der Waals surface area contributed by atoms with Crippen molar-refractivity contribution < 1.29 is 23.8 Å². The van der Waals surface area contributed by atoms with Crippen LogP contribution in [0.3, 0.4) is 0 Å². The Hall–Kier alpha value is -3.02. The van der Waals surface area contributed by atoms with Crippen LogP contribution in [0.2, 0.25) is 0 Å². The molecular weight excluding hydrogens is 334 g/mol. The van der Waals surface area contributed by atoms with E-state index < -0.39 is 5.92 Å². The lowest BCUT2D eigenvalue weighted by atomic mass is 9.90. The highest BCUT2D eigenvalue weighted by Crippen LogP contribution is 2.39. The number of benzene rings is 2. The first-order valence-corrected chi connectivity index (χ1v) is 8.15. The zero-order valence-electron chi connectivity index (χ0n) is 15.4. The number of hydrogen-bond donors (Lipinski definition) is 1. The minimum absolute atomic E-state index is 0.0301. The van der Waals surface area contributed by atoms with Gasteiger partial charge in [-0.05, 0) is 17.7 Å². The molecule has 138 valence electrons. The van der Waals surface area contributed by atoms with E-state index in [1.54, 1.807) is 19.2 Å². The second-order valence-electron chi connectivity index (χ2n) is 5.62. The van der Waals surface area contributed by atoms with E-state index in [9.17, 15) is 9.59 Å². The molecule has 1 amide bonds. The standard InChI is InChI=1S/C20H23NO5/c1-21-20(23)15(13-8-6-5-7-9-13)12-16(22)14-10-17(24-2)19(26-4)18(11-14)25-3/h5-11,15H,12H2,1-4H3,(H,21,23). The van der Waals surface area contributed by atoms with E-state index in [0.29, 0.717) is 22.8 Å². The molecule has 0 bridgehead atoms. The van der Waals surface area contributed by atoms with Gasteiger partial charge in [0.2, 0.25) is 11.7 Å². The Balaban J connectivity index is 2.36. The molecule has 2 rings (SSSR count). The maximum absolute atomic E-state index is 12.9. The quantitative estimate of drug-likeness (QED) is 0.736. The lowest BCUT2D eigenvalue weighted by molar-refractivity contribution is -0.122. The van der Waals surface area contributed by atoms with Crippen LogP contribution in [0.15, 0.2) is 42.5 Å². The van der Waals surface area contributed by atoms with Crippen LogP contribution in [-0.2, 0) is 4.79 Å².